The van der Waals surface area contributed by atoms with Crippen LogP contribution >= 0.6 is 0 Å². The van der Waals surface area contributed by atoms with Gasteiger partial charge in [0.05, 0.1) is 16.3 Å². The van der Waals surface area contributed by atoms with Crippen molar-refractivity contribution in [1.82, 2.24) is 0 Å². The van der Waals surface area contributed by atoms with E-state index in [1.807, 2.05) is 0 Å². The fourth-order valence-electron chi connectivity index (χ4n) is 2.99. The summed E-state index contributed by atoms with van der Waals surface area (Å²) in [5.74, 6) is -0.445. The van der Waals surface area contributed by atoms with E-state index in [-0.39, 0.29) is 22.0 Å². The van der Waals surface area contributed by atoms with E-state index < -0.39 is 10.1 Å². The van der Waals surface area contributed by atoms with Gasteiger partial charge in [-0.05, 0) is 42.5 Å². The van der Waals surface area contributed by atoms with Gasteiger partial charge in [-0.2, -0.15) is 8.42 Å². The number of anilines is 1. The molecule has 1 aliphatic rings. The van der Waals surface area contributed by atoms with Gasteiger partial charge in [0.2, 0.25) is 0 Å². The van der Waals surface area contributed by atoms with Crippen LogP contribution in [0.2, 0.25) is 0 Å². The predicted octanol–water partition coefficient (Wildman–Crippen LogP) is 3.82. The number of carbonyl (C=O) groups is 2. The first-order chi connectivity index (χ1) is 13.8. The Morgan fingerprint density at radius 1 is 0.759 bits per heavy atom. The highest BCUT2D eigenvalue weighted by Gasteiger charge is 2.29. The van der Waals surface area contributed by atoms with E-state index in [2.05, 4.69) is 15.8 Å². The Labute approximate surface area is 165 Å². The molecule has 0 heterocycles. The monoisotopic (exact) mass is 407 g/mol. The van der Waals surface area contributed by atoms with Crippen LogP contribution < -0.4 is 5.43 Å². The van der Waals surface area contributed by atoms with E-state index in [1.165, 1.54) is 30.3 Å². The molecule has 0 amide bonds. The number of rotatable bonds is 4. The minimum atomic E-state index is -4.27. The van der Waals surface area contributed by atoms with Crippen LogP contribution in [0.25, 0.3) is 0 Å². The molecule has 0 fully saturated rings. The van der Waals surface area contributed by atoms with Crippen molar-refractivity contribution in [3.8, 4) is 0 Å². The highest BCUT2D eigenvalue weighted by molar-refractivity contribution is 7.85. The first-order valence-corrected chi connectivity index (χ1v) is 9.85. The Kier molecular flexibility index (Phi) is 4.53. The first kappa shape index (κ1) is 18.7. The number of fused-ring (bicyclic) bond motifs is 2. The average Bonchev–Trinajstić information content (AvgIpc) is 2.72. The SMILES string of the molecule is O=C1c2ccccc2C(=O)c2cc(NN=Nc3ccc(S(=O)(=O)O)cc3)ccc21. The van der Waals surface area contributed by atoms with Gasteiger partial charge in [0, 0.05) is 22.3 Å². The van der Waals surface area contributed by atoms with Crippen molar-refractivity contribution in [2.45, 2.75) is 4.90 Å². The number of benzene rings is 3. The number of nitrogens with one attached hydrogen (secondary N) is 1. The zero-order valence-electron chi connectivity index (χ0n) is 14.7. The van der Waals surface area contributed by atoms with Gasteiger partial charge in [-0.15, -0.1) is 5.11 Å². The van der Waals surface area contributed by atoms with Crippen LogP contribution in [0.5, 0.6) is 0 Å². The lowest BCUT2D eigenvalue weighted by Gasteiger charge is -2.17. The summed E-state index contributed by atoms with van der Waals surface area (Å²) in [4.78, 5) is 25.0. The Morgan fingerprint density at radius 2 is 1.34 bits per heavy atom. The molecule has 0 spiro atoms. The maximum Gasteiger partial charge on any atom is 0.294 e. The maximum absolute atomic E-state index is 12.7. The molecular weight excluding hydrogens is 394 g/mol. The molecule has 29 heavy (non-hydrogen) atoms. The van der Waals surface area contributed by atoms with E-state index >= 15 is 0 Å². The molecular formula is C20H13N3O5S. The molecule has 9 heteroatoms. The maximum atomic E-state index is 12.7. The van der Waals surface area contributed by atoms with Crippen molar-refractivity contribution in [3.05, 3.63) is 89.0 Å². The number of nitrogens with zero attached hydrogens (tertiary/aromatic N) is 2. The molecule has 0 saturated carbocycles. The third-order valence-corrected chi connectivity index (χ3v) is 5.27. The molecule has 0 aromatic heterocycles. The standard InChI is InChI=1S/C20H13N3O5S/c24-19-15-3-1-2-4-16(15)20(25)18-11-13(7-10-17(18)19)22-23-21-12-5-8-14(9-6-12)29(26,27)28/h1-11H,(H,21,22)(H,26,27,28). The number of hydrogen-bond donors (Lipinski definition) is 2. The summed E-state index contributed by atoms with van der Waals surface area (Å²) in [5, 5.41) is 7.70. The molecule has 4 rings (SSSR count). The van der Waals surface area contributed by atoms with Gasteiger partial charge in [0.15, 0.2) is 11.6 Å². The molecule has 1 aliphatic carbocycles. The summed E-state index contributed by atoms with van der Waals surface area (Å²) in [6.07, 6.45) is 0. The lowest BCUT2D eigenvalue weighted by molar-refractivity contribution is 0.0979. The van der Waals surface area contributed by atoms with Gasteiger partial charge in [-0.1, -0.05) is 29.5 Å². The van der Waals surface area contributed by atoms with Gasteiger partial charge in [0.25, 0.3) is 10.1 Å². The second-order valence-electron chi connectivity index (χ2n) is 6.24. The molecule has 0 bridgehead atoms. The van der Waals surface area contributed by atoms with Gasteiger partial charge in [-0.3, -0.25) is 19.6 Å². The largest absolute Gasteiger partial charge is 0.294 e. The van der Waals surface area contributed by atoms with Crippen LogP contribution in [0.15, 0.2) is 82.0 Å². The summed E-state index contributed by atoms with van der Waals surface area (Å²) < 4.78 is 31.0. The highest BCUT2D eigenvalue weighted by atomic mass is 32.2. The molecule has 0 atom stereocenters. The fraction of sp³-hybridized carbons (Fsp3) is 0. The third-order valence-electron chi connectivity index (χ3n) is 4.40. The smallest absolute Gasteiger partial charge is 0.289 e. The van der Waals surface area contributed by atoms with E-state index in [4.69, 9.17) is 4.55 Å². The van der Waals surface area contributed by atoms with Crippen molar-refractivity contribution in [1.29, 1.82) is 0 Å². The molecule has 3 aromatic carbocycles. The summed E-state index contributed by atoms with van der Waals surface area (Å²) >= 11 is 0. The highest BCUT2D eigenvalue weighted by Crippen LogP contribution is 2.29. The first-order valence-electron chi connectivity index (χ1n) is 8.41. The van der Waals surface area contributed by atoms with Crippen molar-refractivity contribution in [2.75, 3.05) is 5.43 Å². The molecule has 3 aromatic rings. The average molecular weight is 407 g/mol. The summed E-state index contributed by atoms with van der Waals surface area (Å²) in [6, 6.07) is 16.5. The van der Waals surface area contributed by atoms with E-state index in [9.17, 15) is 18.0 Å². The zero-order chi connectivity index (χ0) is 20.6. The second-order valence-corrected chi connectivity index (χ2v) is 7.67. The van der Waals surface area contributed by atoms with Crippen LogP contribution in [0.4, 0.5) is 11.4 Å². The van der Waals surface area contributed by atoms with Crippen molar-refractivity contribution >= 4 is 33.1 Å². The lowest BCUT2D eigenvalue weighted by atomic mass is 9.84. The van der Waals surface area contributed by atoms with Crippen LogP contribution in [0.1, 0.15) is 31.8 Å². The minimum absolute atomic E-state index is 0.206. The Morgan fingerprint density at radius 3 is 1.97 bits per heavy atom. The Bertz CT molecular complexity index is 1280. The third kappa shape index (κ3) is 3.56. The summed E-state index contributed by atoms with van der Waals surface area (Å²) in [5.41, 5.74) is 4.85. The molecule has 8 nitrogen and oxygen atoms in total. The Hall–Kier alpha value is -3.69. The Balaban J connectivity index is 1.55. The van der Waals surface area contributed by atoms with E-state index in [0.717, 1.165) is 0 Å². The van der Waals surface area contributed by atoms with E-state index in [1.54, 1.807) is 36.4 Å². The second kappa shape index (κ2) is 7.04. The van der Waals surface area contributed by atoms with Gasteiger partial charge in [0.1, 0.15) is 0 Å². The van der Waals surface area contributed by atoms with Crippen molar-refractivity contribution in [3.63, 3.8) is 0 Å². The van der Waals surface area contributed by atoms with Crippen LogP contribution in [0.3, 0.4) is 0 Å². The van der Waals surface area contributed by atoms with Crippen LogP contribution in [-0.4, -0.2) is 24.5 Å². The van der Waals surface area contributed by atoms with Gasteiger partial charge < -0.3 is 0 Å². The summed E-state index contributed by atoms with van der Waals surface area (Å²) in [7, 11) is -4.27. The van der Waals surface area contributed by atoms with Crippen LogP contribution in [0, 0.1) is 0 Å². The lowest BCUT2D eigenvalue weighted by Crippen LogP contribution is -2.20. The predicted molar refractivity (Wildman–Crippen MR) is 104 cm³/mol. The minimum Gasteiger partial charge on any atom is -0.289 e. The van der Waals surface area contributed by atoms with Crippen molar-refractivity contribution in [2.24, 2.45) is 10.3 Å². The fourth-order valence-corrected chi connectivity index (χ4v) is 3.47. The molecule has 0 unspecified atom stereocenters. The number of hydrogen-bond acceptors (Lipinski definition) is 6. The van der Waals surface area contributed by atoms with E-state index in [0.29, 0.717) is 28.1 Å². The molecule has 0 saturated heterocycles. The molecule has 144 valence electrons. The van der Waals surface area contributed by atoms with Gasteiger partial charge in [-0.25, -0.2) is 0 Å². The zero-order valence-corrected chi connectivity index (χ0v) is 15.6. The van der Waals surface area contributed by atoms with Gasteiger partial charge >= 0.3 is 0 Å². The summed E-state index contributed by atoms with van der Waals surface area (Å²) in [6.45, 7) is 0. The normalized spacial score (nSPS) is 13.3. The molecule has 2 N–H and O–H groups in total. The number of carbonyl (C=O) groups excluding carboxylic acids is 2. The quantitative estimate of drug-likeness (QED) is 0.301. The topological polar surface area (TPSA) is 125 Å². The molecule has 0 aliphatic heterocycles. The number of ketones is 2. The van der Waals surface area contributed by atoms with Crippen molar-refractivity contribution < 1.29 is 22.6 Å². The molecule has 0 radical (unpaired) electrons. The van der Waals surface area contributed by atoms with Crippen LogP contribution in [-0.2, 0) is 10.1 Å².